The topological polar surface area (TPSA) is 30.3 Å². The molecule has 0 atom stereocenters. The molecule has 1 heterocycles. The van der Waals surface area contributed by atoms with Gasteiger partial charge in [-0.25, -0.2) is 4.98 Å². The van der Waals surface area contributed by atoms with Crippen molar-refractivity contribution in [2.24, 2.45) is 7.05 Å². The van der Waals surface area contributed by atoms with Crippen molar-refractivity contribution in [3.63, 3.8) is 0 Å². The van der Waals surface area contributed by atoms with Crippen LogP contribution in [-0.2, 0) is 24.9 Å². The Kier molecular flexibility index (Phi) is 5.32. The van der Waals surface area contributed by atoms with Crippen LogP contribution in [0.2, 0.25) is 0 Å². The molecule has 1 aromatic heterocycles. The molecule has 1 aromatic carbocycles. The SMILES string of the molecule is COCCN(Cc1ccc(C)cc1)Cc1nccn1C. The van der Waals surface area contributed by atoms with Crippen LogP contribution >= 0.6 is 0 Å². The highest BCUT2D eigenvalue weighted by molar-refractivity contribution is 5.21. The molecule has 20 heavy (non-hydrogen) atoms. The second-order valence-electron chi connectivity index (χ2n) is 5.14. The molecule has 0 saturated heterocycles. The van der Waals surface area contributed by atoms with E-state index in [9.17, 15) is 0 Å². The van der Waals surface area contributed by atoms with Crippen LogP contribution in [0, 0.1) is 6.92 Å². The molecule has 4 heteroatoms. The number of hydrogen-bond acceptors (Lipinski definition) is 3. The normalized spacial score (nSPS) is 11.2. The predicted octanol–water partition coefficient (Wildman–Crippen LogP) is 2.38. The maximum absolute atomic E-state index is 5.21. The molecule has 0 radical (unpaired) electrons. The van der Waals surface area contributed by atoms with Crippen LogP contribution < -0.4 is 0 Å². The summed E-state index contributed by atoms with van der Waals surface area (Å²) < 4.78 is 7.27. The van der Waals surface area contributed by atoms with E-state index in [0.717, 1.165) is 32.1 Å². The number of aryl methyl sites for hydroxylation is 2. The molecule has 2 rings (SSSR count). The van der Waals surface area contributed by atoms with Crippen molar-refractivity contribution in [2.75, 3.05) is 20.3 Å². The zero-order chi connectivity index (χ0) is 14.4. The van der Waals surface area contributed by atoms with Crippen LogP contribution in [0.4, 0.5) is 0 Å². The van der Waals surface area contributed by atoms with Gasteiger partial charge >= 0.3 is 0 Å². The zero-order valence-electron chi connectivity index (χ0n) is 12.5. The van der Waals surface area contributed by atoms with Gasteiger partial charge < -0.3 is 9.30 Å². The first-order chi connectivity index (χ1) is 9.69. The van der Waals surface area contributed by atoms with Gasteiger partial charge in [0.25, 0.3) is 0 Å². The molecule has 0 spiro atoms. The van der Waals surface area contributed by atoms with Crippen LogP contribution in [0.3, 0.4) is 0 Å². The Hall–Kier alpha value is -1.65. The first-order valence-corrected chi connectivity index (χ1v) is 6.92. The summed E-state index contributed by atoms with van der Waals surface area (Å²) in [5.41, 5.74) is 2.61. The number of ether oxygens (including phenoxy) is 1. The molecule has 0 aliphatic rings. The maximum Gasteiger partial charge on any atom is 0.122 e. The number of rotatable bonds is 7. The second kappa shape index (κ2) is 7.22. The minimum atomic E-state index is 0.732. The molecule has 0 unspecified atom stereocenters. The Balaban J connectivity index is 2.03. The number of aromatic nitrogens is 2. The van der Waals surface area contributed by atoms with Crippen LogP contribution in [0.1, 0.15) is 17.0 Å². The highest BCUT2D eigenvalue weighted by Gasteiger charge is 2.09. The first kappa shape index (κ1) is 14.8. The quantitative estimate of drug-likeness (QED) is 0.776. The van der Waals surface area contributed by atoms with Gasteiger partial charge in [0, 0.05) is 39.6 Å². The van der Waals surface area contributed by atoms with Crippen LogP contribution in [0.15, 0.2) is 36.7 Å². The monoisotopic (exact) mass is 273 g/mol. The zero-order valence-corrected chi connectivity index (χ0v) is 12.5. The number of imidazole rings is 1. The van der Waals surface area contributed by atoms with Gasteiger partial charge in [-0.05, 0) is 12.5 Å². The number of benzene rings is 1. The highest BCUT2D eigenvalue weighted by Crippen LogP contribution is 2.10. The van der Waals surface area contributed by atoms with Crippen molar-refractivity contribution in [1.82, 2.24) is 14.5 Å². The third kappa shape index (κ3) is 4.18. The van der Waals surface area contributed by atoms with E-state index in [0.29, 0.717) is 0 Å². The lowest BCUT2D eigenvalue weighted by Crippen LogP contribution is -2.27. The molecule has 108 valence electrons. The molecule has 0 aliphatic heterocycles. The molecular weight excluding hydrogens is 250 g/mol. The number of hydrogen-bond donors (Lipinski definition) is 0. The van der Waals surface area contributed by atoms with E-state index in [4.69, 9.17) is 4.74 Å². The van der Waals surface area contributed by atoms with E-state index < -0.39 is 0 Å². The van der Waals surface area contributed by atoms with Gasteiger partial charge in [0.1, 0.15) is 5.82 Å². The molecule has 0 amide bonds. The van der Waals surface area contributed by atoms with Gasteiger partial charge in [-0.1, -0.05) is 29.8 Å². The lowest BCUT2D eigenvalue weighted by atomic mass is 10.1. The number of nitrogens with zero attached hydrogens (tertiary/aromatic N) is 3. The molecule has 4 nitrogen and oxygen atoms in total. The van der Waals surface area contributed by atoms with Crippen molar-refractivity contribution in [3.05, 3.63) is 53.6 Å². The molecule has 0 N–H and O–H groups in total. The van der Waals surface area contributed by atoms with Gasteiger partial charge in [0.05, 0.1) is 13.2 Å². The summed E-state index contributed by atoms with van der Waals surface area (Å²) in [6.07, 6.45) is 3.82. The third-order valence-electron chi connectivity index (χ3n) is 3.42. The Labute approximate surface area is 121 Å². The summed E-state index contributed by atoms with van der Waals surface area (Å²) in [5, 5.41) is 0. The van der Waals surface area contributed by atoms with E-state index in [1.807, 2.05) is 19.4 Å². The molecule has 0 bridgehead atoms. The summed E-state index contributed by atoms with van der Waals surface area (Å²) in [6, 6.07) is 8.69. The number of methoxy groups -OCH3 is 1. The molecule has 0 saturated carbocycles. The van der Waals surface area contributed by atoms with E-state index >= 15 is 0 Å². The van der Waals surface area contributed by atoms with E-state index in [1.165, 1.54) is 11.1 Å². The van der Waals surface area contributed by atoms with E-state index in [2.05, 4.69) is 45.6 Å². The standard InChI is InChI=1S/C16H23N3O/c1-14-4-6-15(7-5-14)12-19(10-11-20-3)13-16-17-8-9-18(16)2/h4-9H,10-13H2,1-3H3. The smallest absolute Gasteiger partial charge is 0.122 e. The summed E-state index contributed by atoms with van der Waals surface area (Å²) in [6.45, 7) is 5.49. The second-order valence-corrected chi connectivity index (χ2v) is 5.14. The van der Waals surface area contributed by atoms with Gasteiger partial charge in [-0.3, -0.25) is 4.90 Å². The Morgan fingerprint density at radius 1 is 1.20 bits per heavy atom. The fourth-order valence-electron chi connectivity index (χ4n) is 2.13. The molecular formula is C16H23N3O. The van der Waals surface area contributed by atoms with Gasteiger partial charge in [0.2, 0.25) is 0 Å². The summed E-state index contributed by atoms with van der Waals surface area (Å²) in [4.78, 5) is 6.76. The largest absolute Gasteiger partial charge is 0.383 e. The first-order valence-electron chi connectivity index (χ1n) is 6.92. The minimum absolute atomic E-state index is 0.732. The van der Waals surface area contributed by atoms with Gasteiger partial charge in [-0.2, -0.15) is 0 Å². The van der Waals surface area contributed by atoms with Crippen molar-refractivity contribution < 1.29 is 4.74 Å². The van der Waals surface area contributed by atoms with Crippen molar-refractivity contribution in [2.45, 2.75) is 20.0 Å². The van der Waals surface area contributed by atoms with E-state index in [1.54, 1.807) is 7.11 Å². The summed E-state index contributed by atoms with van der Waals surface area (Å²) in [7, 11) is 3.77. The fourth-order valence-corrected chi connectivity index (χ4v) is 2.13. The van der Waals surface area contributed by atoms with Crippen LogP contribution in [0.25, 0.3) is 0 Å². The lowest BCUT2D eigenvalue weighted by Gasteiger charge is -2.21. The van der Waals surface area contributed by atoms with Crippen molar-refractivity contribution in [1.29, 1.82) is 0 Å². The van der Waals surface area contributed by atoms with Crippen LogP contribution in [-0.4, -0.2) is 34.7 Å². The summed E-state index contributed by atoms with van der Waals surface area (Å²) >= 11 is 0. The lowest BCUT2D eigenvalue weighted by molar-refractivity contribution is 0.138. The molecule has 0 aliphatic carbocycles. The van der Waals surface area contributed by atoms with E-state index in [-0.39, 0.29) is 0 Å². The third-order valence-corrected chi connectivity index (χ3v) is 3.42. The minimum Gasteiger partial charge on any atom is -0.383 e. The van der Waals surface area contributed by atoms with Gasteiger partial charge in [-0.15, -0.1) is 0 Å². The molecule has 2 aromatic rings. The Bertz CT molecular complexity index is 519. The van der Waals surface area contributed by atoms with Crippen molar-refractivity contribution in [3.8, 4) is 0 Å². The average molecular weight is 273 g/mol. The molecule has 0 fully saturated rings. The average Bonchev–Trinajstić information content (AvgIpc) is 2.84. The van der Waals surface area contributed by atoms with Crippen molar-refractivity contribution >= 4 is 0 Å². The van der Waals surface area contributed by atoms with Gasteiger partial charge in [0.15, 0.2) is 0 Å². The summed E-state index contributed by atoms with van der Waals surface area (Å²) in [5.74, 6) is 1.08. The fraction of sp³-hybridized carbons (Fsp3) is 0.438. The van der Waals surface area contributed by atoms with Crippen LogP contribution in [0.5, 0.6) is 0 Å². The Morgan fingerprint density at radius 2 is 1.95 bits per heavy atom. The maximum atomic E-state index is 5.21. The predicted molar refractivity (Wildman–Crippen MR) is 80.4 cm³/mol. The Morgan fingerprint density at radius 3 is 2.55 bits per heavy atom. The highest BCUT2D eigenvalue weighted by atomic mass is 16.5.